The molecule has 1 amide bonds. The molecule has 3 aromatic rings. The molecule has 136 valence electrons. The zero-order chi connectivity index (χ0) is 18.8. The highest BCUT2D eigenvalue weighted by Crippen LogP contribution is 2.25. The van der Waals surface area contributed by atoms with Crippen molar-refractivity contribution in [2.75, 3.05) is 0 Å². The fourth-order valence-electron chi connectivity index (χ4n) is 3.46. The molecule has 2 heterocycles. The first-order chi connectivity index (χ1) is 13.1. The lowest BCUT2D eigenvalue weighted by molar-refractivity contribution is -0.142. The Morgan fingerprint density at radius 3 is 2.44 bits per heavy atom. The van der Waals surface area contributed by atoms with Crippen LogP contribution in [0.2, 0.25) is 0 Å². The number of fused-ring (bicyclic) bond motifs is 1. The second-order valence-corrected chi connectivity index (χ2v) is 6.66. The molecule has 0 saturated heterocycles. The number of aliphatic carboxylic acids is 1. The molecule has 1 aromatic heterocycles. The third kappa shape index (κ3) is 3.46. The monoisotopic (exact) mass is 361 g/mol. The number of hydrogen-bond donors (Lipinski definition) is 1. The second kappa shape index (κ2) is 7.07. The minimum atomic E-state index is -0.979. The molecule has 1 N–H and O–H groups in total. The number of hydrogen-bond acceptors (Lipinski definition) is 3. The highest BCUT2D eigenvalue weighted by atomic mass is 16.4. The highest BCUT2D eigenvalue weighted by Gasteiger charge is 2.34. The van der Waals surface area contributed by atoms with Crippen LogP contribution in [0, 0.1) is 0 Å². The standard InChI is InChI=1S/C21H19N3O3/c25-20(16-8-6-15(7-9-16)13-23-11-3-10-22-23)24-14-18-5-2-1-4-17(18)12-19(24)21(26)27/h1-11,19H,12-14H2,(H,26,27). The van der Waals surface area contributed by atoms with Crippen molar-refractivity contribution in [2.24, 2.45) is 0 Å². The van der Waals surface area contributed by atoms with Crippen molar-refractivity contribution in [2.45, 2.75) is 25.6 Å². The summed E-state index contributed by atoms with van der Waals surface area (Å²) in [5, 5.41) is 13.8. The van der Waals surface area contributed by atoms with E-state index in [0.717, 1.165) is 16.7 Å². The Kier molecular flexibility index (Phi) is 4.46. The van der Waals surface area contributed by atoms with Gasteiger partial charge in [-0.1, -0.05) is 36.4 Å². The Bertz CT molecular complexity index is 965. The molecule has 1 aliphatic heterocycles. The molecule has 0 saturated carbocycles. The molecule has 4 rings (SSSR count). The van der Waals surface area contributed by atoms with Gasteiger partial charge in [0.2, 0.25) is 0 Å². The number of carboxylic acid groups (broad SMARTS) is 1. The lowest BCUT2D eigenvalue weighted by Gasteiger charge is -2.34. The summed E-state index contributed by atoms with van der Waals surface area (Å²) in [7, 11) is 0. The van der Waals surface area contributed by atoms with E-state index in [-0.39, 0.29) is 5.91 Å². The van der Waals surface area contributed by atoms with Crippen LogP contribution in [-0.4, -0.2) is 37.7 Å². The fourth-order valence-corrected chi connectivity index (χ4v) is 3.46. The maximum Gasteiger partial charge on any atom is 0.326 e. The Hall–Kier alpha value is -3.41. The van der Waals surface area contributed by atoms with Crippen molar-refractivity contribution >= 4 is 11.9 Å². The van der Waals surface area contributed by atoms with E-state index < -0.39 is 12.0 Å². The van der Waals surface area contributed by atoms with Crippen molar-refractivity contribution in [1.82, 2.24) is 14.7 Å². The summed E-state index contributed by atoms with van der Waals surface area (Å²) in [6.45, 7) is 0.928. The summed E-state index contributed by atoms with van der Waals surface area (Å²) in [6.07, 6.45) is 3.93. The summed E-state index contributed by atoms with van der Waals surface area (Å²) >= 11 is 0. The first-order valence-electron chi connectivity index (χ1n) is 8.79. The lowest BCUT2D eigenvalue weighted by Crippen LogP contribution is -2.48. The predicted octanol–water partition coefficient (Wildman–Crippen LogP) is 2.58. The van der Waals surface area contributed by atoms with Crippen LogP contribution in [-0.2, 0) is 24.3 Å². The normalized spacial score (nSPS) is 16.0. The van der Waals surface area contributed by atoms with Gasteiger partial charge in [-0.05, 0) is 34.9 Å². The molecule has 0 aliphatic carbocycles. The maximum atomic E-state index is 13.0. The molecule has 0 spiro atoms. The minimum absolute atomic E-state index is 0.262. The summed E-state index contributed by atoms with van der Waals surface area (Å²) in [5.74, 6) is -1.24. The third-order valence-corrected chi connectivity index (χ3v) is 4.90. The van der Waals surface area contributed by atoms with Gasteiger partial charge in [0.05, 0.1) is 6.54 Å². The number of carbonyl (C=O) groups excluding carboxylic acids is 1. The predicted molar refractivity (Wildman–Crippen MR) is 99.2 cm³/mol. The SMILES string of the molecule is O=C(O)C1Cc2ccccc2CN1C(=O)c1ccc(Cn2cccn2)cc1. The van der Waals surface area contributed by atoms with Crippen LogP contribution in [0.1, 0.15) is 27.0 Å². The van der Waals surface area contributed by atoms with Crippen molar-refractivity contribution in [3.63, 3.8) is 0 Å². The van der Waals surface area contributed by atoms with Gasteiger partial charge in [0.15, 0.2) is 0 Å². The largest absolute Gasteiger partial charge is 0.480 e. The summed E-state index contributed by atoms with van der Waals surface area (Å²) in [5.41, 5.74) is 3.50. The average molecular weight is 361 g/mol. The van der Waals surface area contributed by atoms with Crippen LogP contribution in [0.4, 0.5) is 0 Å². The minimum Gasteiger partial charge on any atom is -0.480 e. The number of carbonyl (C=O) groups is 2. The summed E-state index contributed by atoms with van der Waals surface area (Å²) in [6, 6.07) is 15.9. The van der Waals surface area contributed by atoms with E-state index in [0.29, 0.717) is 25.1 Å². The van der Waals surface area contributed by atoms with E-state index in [2.05, 4.69) is 5.10 Å². The van der Waals surface area contributed by atoms with Crippen molar-refractivity contribution in [1.29, 1.82) is 0 Å². The van der Waals surface area contributed by atoms with Gasteiger partial charge in [-0.2, -0.15) is 5.10 Å². The van der Waals surface area contributed by atoms with E-state index >= 15 is 0 Å². The maximum absolute atomic E-state index is 13.0. The van der Waals surface area contributed by atoms with Gasteiger partial charge in [0.25, 0.3) is 5.91 Å². The average Bonchev–Trinajstić information content (AvgIpc) is 3.20. The number of aromatic nitrogens is 2. The van der Waals surface area contributed by atoms with Crippen LogP contribution < -0.4 is 0 Å². The van der Waals surface area contributed by atoms with Crippen LogP contribution in [0.25, 0.3) is 0 Å². The molecule has 27 heavy (non-hydrogen) atoms. The molecular formula is C21H19N3O3. The van der Waals surface area contributed by atoms with Crippen LogP contribution in [0.15, 0.2) is 67.0 Å². The van der Waals surface area contributed by atoms with E-state index in [1.54, 1.807) is 23.0 Å². The topological polar surface area (TPSA) is 75.4 Å². The molecule has 1 unspecified atom stereocenters. The molecular weight excluding hydrogens is 342 g/mol. The van der Waals surface area contributed by atoms with E-state index in [4.69, 9.17) is 0 Å². The quantitative estimate of drug-likeness (QED) is 0.775. The third-order valence-electron chi connectivity index (χ3n) is 4.90. The molecule has 1 atom stereocenters. The van der Waals surface area contributed by atoms with Crippen LogP contribution >= 0.6 is 0 Å². The summed E-state index contributed by atoms with van der Waals surface area (Å²) in [4.78, 5) is 26.2. The number of benzene rings is 2. The van der Waals surface area contributed by atoms with E-state index in [1.807, 2.05) is 48.7 Å². The first-order valence-corrected chi connectivity index (χ1v) is 8.79. The molecule has 0 fully saturated rings. The number of amides is 1. The fraction of sp³-hybridized carbons (Fsp3) is 0.190. The van der Waals surface area contributed by atoms with Crippen molar-refractivity contribution in [3.05, 3.63) is 89.2 Å². The smallest absolute Gasteiger partial charge is 0.326 e. The van der Waals surface area contributed by atoms with Gasteiger partial charge in [-0.3, -0.25) is 9.48 Å². The highest BCUT2D eigenvalue weighted by molar-refractivity contribution is 5.97. The number of rotatable bonds is 4. The van der Waals surface area contributed by atoms with Crippen molar-refractivity contribution < 1.29 is 14.7 Å². The van der Waals surface area contributed by atoms with Gasteiger partial charge in [0.1, 0.15) is 6.04 Å². The lowest BCUT2D eigenvalue weighted by atomic mass is 9.93. The Morgan fingerprint density at radius 2 is 1.78 bits per heavy atom. The molecule has 1 aliphatic rings. The van der Waals surface area contributed by atoms with Gasteiger partial charge >= 0.3 is 5.97 Å². The van der Waals surface area contributed by atoms with Gasteiger partial charge in [-0.25, -0.2) is 4.79 Å². The summed E-state index contributed by atoms with van der Waals surface area (Å²) < 4.78 is 1.80. The van der Waals surface area contributed by atoms with Gasteiger partial charge in [0, 0.05) is 30.9 Å². The first kappa shape index (κ1) is 17.0. The molecule has 0 radical (unpaired) electrons. The molecule has 0 bridgehead atoms. The Morgan fingerprint density at radius 1 is 1.04 bits per heavy atom. The second-order valence-electron chi connectivity index (χ2n) is 6.66. The Balaban J connectivity index is 1.56. The molecule has 6 heteroatoms. The molecule has 6 nitrogen and oxygen atoms in total. The van der Waals surface area contributed by atoms with E-state index in [1.165, 1.54) is 4.90 Å². The van der Waals surface area contributed by atoms with Crippen molar-refractivity contribution in [3.8, 4) is 0 Å². The Labute approximate surface area is 156 Å². The zero-order valence-electron chi connectivity index (χ0n) is 14.7. The van der Waals surface area contributed by atoms with Crippen LogP contribution in [0.5, 0.6) is 0 Å². The van der Waals surface area contributed by atoms with Crippen LogP contribution in [0.3, 0.4) is 0 Å². The number of nitrogens with zero attached hydrogens (tertiary/aromatic N) is 3. The number of carboxylic acids is 1. The molecule has 2 aromatic carbocycles. The van der Waals surface area contributed by atoms with E-state index in [9.17, 15) is 14.7 Å². The van der Waals surface area contributed by atoms with Gasteiger partial charge < -0.3 is 10.0 Å². The zero-order valence-corrected chi connectivity index (χ0v) is 14.7. The van der Waals surface area contributed by atoms with Gasteiger partial charge in [-0.15, -0.1) is 0 Å².